The minimum atomic E-state index is 0.721. The average Bonchev–Trinajstić information content (AvgIpc) is 3.12. The van der Waals surface area contributed by atoms with E-state index in [1.807, 2.05) is 12.3 Å². The molecule has 0 N–H and O–H groups in total. The number of hydrogen-bond donors (Lipinski definition) is 0. The van der Waals surface area contributed by atoms with E-state index in [1.165, 1.54) is 11.1 Å². The summed E-state index contributed by atoms with van der Waals surface area (Å²) in [5.74, 6) is 1.69. The lowest BCUT2D eigenvalue weighted by Crippen LogP contribution is -2.38. The standard InChI is InChI=1S/C19H21N5OS/c1-15-5-2-3-7-17(15)24-18(23-9-11-25-12-10-23)21-22-19(24)26-14-16-6-4-8-20-13-16/h2-8,13H,9-12,14H2,1H3. The molecule has 0 amide bonds. The second kappa shape index (κ2) is 7.88. The van der Waals surface area contributed by atoms with Gasteiger partial charge in [0.05, 0.1) is 18.9 Å². The highest BCUT2D eigenvalue weighted by atomic mass is 32.2. The van der Waals surface area contributed by atoms with Crippen LogP contribution in [0.1, 0.15) is 11.1 Å². The van der Waals surface area contributed by atoms with Gasteiger partial charge in [-0.05, 0) is 30.2 Å². The summed E-state index contributed by atoms with van der Waals surface area (Å²) in [4.78, 5) is 6.44. The summed E-state index contributed by atoms with van der Waals surface area (Å²) in [5.41, 5.74) is 3.49. The van der Waals surface area contributed by atoms with Crippen LogP contribution in [0.3, 0.4) is 0 Å². The summed E-state index contributed by atoms with van der Waals surface area (Å²) in [7, 11) is 0. The first-order chi connectivity index (χ1) is 12.8. The van der Waals surface area contributed by atoms with E-state index < -0.39 is 0 Å². The molecular weight excluding hydrogens is 346 g/mol. The van der Waals surface area contributed by atoms with E-state index in [4.69, 9.17) is 4.74 Å². The van der Waals surface area contributed by atoms with Gasteiger partial charge in [0.15, 0.2) is 5.16 Å². The predicted molar refractivity (Wildman–Crippen MR) is 103 cm³/mol. The van der Waals surface area contributed by atoms with Crippen molar-refractivity contribution in [1.29, 1.82) is 0 Å². The smallest absolute Gasteiger partial charge is 0.232 e. The minimum absolute atomic E-state index is 0.721. The molecule has 0 spiro atoms. The molecule has 0 saturated carbocycles. The van der Waals surface area contributed by atoms with Gasteiger partial charge in [0.2, 0.25) is 5.95 Å². The fourth-order valence-corrected chi connectivity index (χ4v) is 3.85. The van der Waals surface area contributed by atoms with Crippen molar-refractivity contribution >= 4 is 17.7 Å². The second-order valence-electron chi connectivity index (χ2n) is 6.15. The van der Waals surface area contributed by atoms with Crippen molar-refractivity contribution in [3.8, 4) is 5.69 Å². The minimum Gasteiger partial charge on any atom is -0.378 e. The molecule has 3 heterocycles. The zero-order valence-electron chi connectivity index (χ0n) is 14.7. The number of ether oxygens (including phenoxy) is 1. The maximum Gasteiger partial charge on any atom is 0.232 e. The summed E-state index contributed by atoms with van der Waals surface area (Å²) in [5, 5.41) is 9.91. The number of hydrogen-bond acceptors (Lipinski definition) is 6. The molecule has 0 bridgehead atoms. The normalized spacial score (nSPS) is 14.6. The molecule has 3 aromatic rings. The van der Waals surface area contributed by atoms with Gasteiger partial charge in [-0.25, -0.2) is 0 Å². The molecule has 26 heavy (non-hydrogen) atoms. The van der Waals surface area contributed by atoms with Gasteiger partial charge in [0.25, 0.3) is 0 Å². The molecule has 0 atom stereocenters. The molecule has 4 rings (SSSR count). The zero-order valence-corrected chi connectivity index (χ0v) is 15.5. The molecule has 1 fully saturated rings. The first kappa shape index (κ1) is 17.1. The Hall–Kier alpha value is -2.38. The molecule has 2 aromatic heterocycles. The Kier molecular flexibility index (Phi) is 5.17. The number of aromatic nitrogens is 4. The first-order valence-electron chi connectivity index (χ1n) is 8.69. The molecule has 0 unspecified atom stereocenters. The third-order valence-corrected chi connectivity index (χ3v) is 5.36. The number of para-hydroxylation sites is 1. The lowest BCUT2D eigenvalue weighted by Gasteiger charge is -2.28. The molecule has 6 nitrogen and oxygen atoms in total. The summed E-state index contributed by atoms with van der Waals surface area (Å²) in [6, 6.07) is 12.4. The van der Waals surface area contributed by atoms with Gasteiger partial charge in [-0.15, -0.1) is 10.2 Å². The molecule has 1 saturated heterocycles. The van der Waals surface area contributed by atoms with Crippen molar-refractivity contribution in [2.75, 3.05) is 31.2 Å². The van der Waals surface area contributed by atoms with Crippen LogP contribution in [-0.2, 0) is 10.5 Å². The van der Waals surface area contributed by atoms with E-state index in [0.717, 1.165) is 48.8 Å². The first-order valence-corrected chi connectivity index (χ1v) is 9.67. The lowest BCUT2D eigenvalue weighted by molar-refractivity contribution is 0.122. The highest BCUT2D eigenvalue weighted by Crippen LogP contribution is 2.30. The van der Waals surface area contributed by atoms with Crippen LogP contribution in [0.4, 0.5) is 5.95 Å². The lowest BCUT2D eigenvalue weighted by atomic mass is 10.2. The quantitative estimate of drug-likeness (QED) is 0.646. The van der Waals surface area contributed by atoms with Gasteiger partial charge in [0, 0.05) is 31.2 Å². The van der Waals surface area contributed by atoms with E-state index in [9.17, 15) is 0 Å². The van der Waals surface area contributed by atoms with Crippen LogP contribution >= 0.6 is 11.8 Å². The summed E-state index contributed by atoms with van der Waals surface area (Å²) in [6.45, 7) is 5.22. The van der Waals surface area contributed by atoms with E-state index >= 15 is 0 Å². The van der Waals surface area contributed by atoms with E-state index in [0.29, 0.717) is 0 Å². The molecule has 1 aliphatic rings. The molecule has 0 aliphatic carbocycles. The Balaban J connectivity index is 1.69. The van der Waals surface area contributed by atoms with Crippen molar-refractivity contribution in [2.45, 2.75) is 17.8 Å². The summed E-state index contributed by atoms with van der Waals surface area (Å²) >= 11 is 1.68. The summed E-state index contributed by atoms with van der Waals surface area (Å²) in [6.07, 6.45) is 3.69. The second-order valence-corrected chi connectivity index (χ2v) is 7.10. The van der Waals surface area contributed by atoms with Crippen LogP contribution < -0.4 is 4.90 Å². The highest BCUT2D eigenvalue weighted by molar-refractivity contribution is 7.98. The van der Waals surface area contributed by atoms with Gasteiger partial charge >= 0.3 is 0 Å². The number of nitrogens with zero attached hydrogens (tertiary/aromatic N) is 5. The molecule has 1 aliphatic heterocycles. The Morgan fingerprint density at radius 2 is 1.92 bits per heavy atom. The highest BCUT2D eigenvalue weighted by Gasteiger charge is 2.22. The van der Waals surface area contributed by atoms with Gasteiger partial charge in [0.1, 0.15) is 0 Å². The molecular formula is C19H21N5OS. The van der Waals surface area contributed by atoms with Crippen molar-refractivity contribution in [3.63, 3.8) is 0 Å². The van der Waals surface area contributed by atoms with Crippen LogP contribution in [-0.4, -0.2) is 46.1 Å². The molecule has 134 valence electrons. The van der Waals surface area contributed by atoms with Gasteiger partial charge in [-0.1, -0.05) is 36.0 Å². The van der Waals surface area contributed by atoms with E-state index in [1.54, 1.807) is 18.0 Å². The van der Waals surface area contributed by atoms with Gasteiger partial charge in [-0.2, -0.15) is 0 Å². The van der Waals surface area contributed by atoms with Crippen LogP contribution in [0.25, 0.3) is 5.69 Å². The molecule has 1 aromatic carbocycles. The number of pyridine rings is 1. The number of morpholine rings is 1. The largest absolute Gasteiger partial charge is 0.378 e. The maximum absolute atomic E-state index is 5.49. The monoisotopic (exact) mass is 367 g/mol. The summed E-state index contributed by atoms with van der Waals surface area (Å²) < 4.78 is 7.66. The Morgan fingerprint density at radius 3 is 2.69 bits per heavy atom. The van der Waals surface area contributed by atoms with E-state index in [-0.39, 0.29) is 0 Å². The number of anilines is 1. The van der Waals surface area contributed by atoms with Crippen LogP contribution in [0.15, 0.2) is 53.9 Å². The SMILES string of the molecule is Cc1ccccc1-n1c(SCc2cccnc2)nnc1N1CCOCC1. The number of thioether (sulfide) groups is 1. The fourth-order valence-electron chi connectivity index (χ4n) is 2.98. The topological polar surface area (TPSA) is 56.1 Å². The van der Waals surface area contributed by atoms with Crippen LogP contribution in [0.2, 0.25) is 0 Å². The fraction of sp³-hybridized carbons (Fsp3) is 0.316. The number of rotatable bonds is 5. The van der Waals surface area contributed by atoms with Crippen LogP contribution in [0.5, 0.6) is 0 Å². The number of benzene rings is 1. The maximum atomic E-state index is 5.49. The van der Waals surface area contributed by atoms with Crippen molar-refractivity contribution < 1.29 is 4.74 Å². The van der Waals surface area contributed by atoms with Crippen molar-refractivity contribution in [1.82, 2.24) is 19.7 Å². The zero-order chi connectivity index (χ0) is 17.8. The van der Waals surface area contributed by atoms with Crippen LogP contribution in [0, 0.1) is 6.92 Å². The third-order valence-electron chi connectivity index (χ3n) is 4.36. The number of aryl methyl sites for hydroxylation is 1. The van der Waals surface area contributed by atoms with Crippen molar-refractivity contribution in [2.24, 2.45) is 0 Å². The Labute approximate surface area is 157 Å². The van der Waals surface area contributed by atoms with Gasteiger partial charge in [-0.3, -0.25) is 9.55 Å². The predicted octanol–water partition coefficient (Wildman–Crippen LogP) is 3.10. The van der Waals surface area contributed by atoms with E-state index in [2.05, 4.69) is 61.9 Å². The Bertz CT molecular complexity index is 861. The molecule has 0 radical (unpaired) electrons. The van der Waals surface area contributed by atoms with Crippen molar-refractivity contribution in [3.05, 3.63) is 59.9 Å². The molecule has 7 heteroatoms. The third kappa shape index (κ3) is 3.59. The average molecular weight is 367 g/mol. The van der Waals surface area contributed by atoms with Gasteiger partial charge < -0.3 is 9.64 Å². The Morgan fingerprint density at radius 1 is 1.08 bits per heavy atom.